The summed E-state index contributed by atoms with van der Waals surface area (Å²) in [6, 6.07) is 7.17. The average molecular weight is 269 g/mol. The van der Waals surface area contributed by atoms with Crippen LogP contribution in [0.25, 0.3) is 11.1 Å². The van der Waals surface area contributed by atoms with Crippen LogP contribution >= 0.6 is 0 Å². The lowest BCUT2D eigenvalue weighted by atomic mass is 10.1. The number of aliphatic hydroxyl groups is 1. The number of hydrogen-bond acceptors (Lipinski definition) is 3. The lowest BCUT2D eigenvalue weighted by Gasteiger charge is -2.09. The number of aromatic nitrogens is 1. The van der Waals surface area contributed by atoms with E-state index in [9.17, 15) is 13.2 Å². The number of hydrogen-bond donors (Lipinski definition) is 1. The van der Waals surface area contributed by atoms with E-state index in [1.807, 2.05) is 0 Å². The molecule has 0 aliphatic carbocycles. The van der Waals surface area contributed by atoms with Crippen LogP contribution in [0.3, 0.4) is 0 Å². The van der Waals surface area contributed by atoms with Crippen LogP contribution < -0.4 is 4.74 Å². The molecule has 0 spiro atoms. The molecule has 0 radical (unpaired) electrons. The molecule has 0 saturated carbocycles. The lowest BCUT2D eigenvalue weighted by Crippen LogP contribution is -2.16. The molecule has 1 N–H and O–H groups in total. The Bertz CT molecular complexity index is 553. The summed E-state index contributed by atoms with van der Waals surface area (Å²) in [4.78, 5) is 3.94. The summed E-state index contributed by atoms with van der Waals surface area (Å²) in [5.74, 6) is -0.275. The van der Waals surface area contributed by atoms with Gasteiger partial charge in [0, 0.05) is 18.0 Å². The van der Waals surface area contributed by atoms with E-state index >= 15 is 0 Å². The standard InChI is InChI=1S/C13H10F3NO2/c14-13(15,16)19-12-3-1-10(2-4-12)11-5-9(8-18)6-17-7-11/h1-7,18H,8H2. The van der Waals surface area contributed by atoms with Gasteiger partial charge in [-0.1, -0.05) is 12.1 Å². The first-order chi connectivity index (χ1) is 8.98. The lowest BCUT2D eigenvalue weighted by molar-refractivity contribution is -0.274. The molecule has 1 aromatic heterocycles. The fraction of sp³-hybridized carbons (Fsp3) is 0.154. The van der Waals surface area contributed by atoms with Gasteiger partial charge in [-0.25, -0.2) is 0 Å². The number of alkyl halides is 3. The monoisotopic (exact) mass is 269 g/mol. The molecule has 0 fully saturated rings. The Morgan fingerprint density at radius 1 is 1.05 bits per heavy atom. The zero-order valence-electron chi connectivity index (χ0n) is 9.69. The summed E-state index contributed by atoms with van der Waals surface area (Å²) in [7, 11) is 0. The maximum atomic E-state index is 12.0. The molecular formula is C13H10F3NO2. The molecule has 1 heterocycles. The van der Waals surface area contributed by atoms with Crippen molar-refractivity contribution in [2.75, 3.05) is 0 Å². The summed E-state index contributed by atoms with van der Waals surface area (Å²) in [6.07, 6.45) is -1.61. The first-order valence-corrected chi connectivity index (χ1v) is 5.39. The SMILES string of the molecule is OCc1cncc(-c2ccc(OC(F)(F)F)cc2)c1. The topological polar surface area (TPSA) is 42.4 Å². The van der Waals surface area contributed by atoms with E-state index in [0.717, 1.165) is 0 Å². The van der Waals surface area contributed by atoms with Gasteiger partial charge in [-0.05, 0) is 29.3 Å². The highest BCUT2D eigenvalue weighted by atomic mass is 19.4. The van der Waals surface area contributed by atoms with Crippen molar-refractivity contribution in [2.45, 2.75) is 13.0 Å². The van der Waals surface area contributed by atoms with Crippen molar-refractivity contribution in [3.8, 4) is 16.9 Å². The predicted octanol–water partition coefficient (Wildman–Crippen LogP) is 3.14. The normalized spacial score (nSPS) is 11.4. The number of halogens is 3. The molecule has 2 rings (SSSR count). The molecule has 0 saturated heterocycles. The summed E-state index contributed by atoms with van der Waals surface area (Å²) >= 11 is 0. The number of rotatable bonds is 3. The Hall–Kier alpha value is -2.08. The highest BCUT2D eigenvalue weighted by molar-refractivity contribution is 5.63. The van der Waals surface area contributed by atoms with E-state index < -0.39 is 6.36 Å². The van der Waals surface area contributed by atoms with Crippen molar-refractivity contribution in [3.05, 3.63) is 48.3 Å². The third-order valence-corrected chi connectivity index (χ3v) is 2.40. The fourth-order valence-corrected chi connectivity index (χ4v) is 1.58. The summed E-state index contributed by atoms with van der Waals surface area (Å²) in [5.41, 5.74) is 2.04. The van der Waals surface area contributed by atoms with E-state index in [-0.39, 0.29) is 12.4 Å². The molecule has 0 amide bonds. The van der Waals surface area contributed by atoms with Crippen molar-refractivity contribution >= 4 is 0 Å². The van der Waals surface area contributed by atoms with Gasteiger partial charge >= 0.3 is 6.36 Å². The number of ether oxygens (including phenoxy) is 1. The third-order valence-electron chi connectivity index (χ3n) is 2.40. The molecule has 2 aromatic rings. The van der Waals surface area contributed by atoms with Crippen molar-refractivity contribution in [1.29, 1.82) is 0 Å². The smallest absolute Gasteiger partial charge is 0.406 e. The summed E-state index contributed by atoms with van der Waals surface area (Å²) < 4.78 is 39.8. The molecule has 0 bridgehead atoms. The number of nitrogens with zero attached hydrogens (tertiary/aromatic N) is 1. The van der Waals surface area contributed by atoms with Gasteiger partial charge in [0.2, 0.25) is 0 Å². The number of benzene rings is 1. The molecule has 0 atom stereocenters. The van der Waals surface area contributed by atoms with Gasteiger partial charge in [0.25, 0.3) is 0 Å². The van der Waals surface area contributed by atoms with E-state index in [0.29, 0.717) is 16.7 Å². The maximum Gasteiger partial charge on any atom is 0.573 e. The number of pyridine rings is 1. The Labute approximate surface area is 107 Å². The van der Waals surface area contributed by atoms with E-state index in [4.69, 9.17) is 5.11 Å². The van der Waals surface area contributed by atoms with Gasteiger partial charge in [-0.3, -0.25) is 4.98 Å². The zero-order chi connectivity index (χ0) is 13.9. The van der Waals surface area contributed by atoms with E-state index in [2.05, 4.69) is 9.72 Å². The fourth-order valence-electron chi connectivity index (χ4n) is 1.58. The van der Waals surface area contributed by atoms with E-state index in [1.165, 1.54) is 30.5 Å². The maximum absolute atomic E-state index is 12.0. The largest absolute Gasteiger partial charge is 0.573 e. The minimum Gasteiger partial charge on any atom is -0.406 e. The van der Waals surface area contributed by atoms with Crippen LogP contribution in [0.1, 0.15) is 5.56 Å². The van der Waals surface area contributed by atoms with Crippen LogP contribution in [0.5, 0.6) is 5.75 Å². The first kappa shape index (κ1) is 13.4. The van der Waals surface area contributed by atoms with Gasteiger partial charge in [0.1, 0.15) is 5.75 Å². The highest BCUT2D eigenvalue weighted by Gasteiger charge is 2.30. The molecule has 0 aliphatic rings. The molecule has 0 unspecified atom stereocenters. The second-order valence-electron chi connectivity index (χ2n) is 3.81. The summed E-state index contributed by atoms with van der Waals surface area (Å²) in [5, 5.41) is 9.00. The van der Waals surface area contributed by atoms with Crippen LogP contribution in [-0.2, 0) is 6.61 Å². The molecule has 0 aliphatic heterocycles. The van der Waals surface area contributed by atoms with Gasteiger partial charge < -0.3 is 9.84 Å². The van der Waals surface area contributed by atoms with Crippen LogP contribution in [0.15, 0.2) is 42.7 Å². The Morgan fingerprint density at radius 2 is 1.74 bits per heavy atom. The van der Waals surface area contributed by atoms with Crippen LogP contribution in [-0.4, -0.2) is 16.5 Å². The zero-order valence-corrected chi connectivity index (χ0v) is 9.69. The second kappa shape index (κ2) is 5.27. The molecule has 6 heteroatoms. The molecule has 3 nitrogen and oxygen atoms in total. The molecule has 19 heavy (non-hydrogen) atoms. The Balaban J connectivity index is 2.22. The van der Waals surface area contributed by atoms with Crippen molar-refractivity contribution in [3.63, 3.8) is 0 Å². The molecular weight excluding hydrogens is 259 g/mol. The second-order valence-corrected chi connectivity index (χ2v) is 3.81. The average Bonchev–Trinajstić information content (AvgIpc) is 2.38. The van der Waals surface area contributed by atoms with Gasteiger partial charge in [0.05, 0.1) is 6.61 Å². The van der Waals surface area contributed by atoms with Crippen LogP contribution in [0, 0.1) is 0 Å². The van der Waals surface area contributed by atoms with Crippen molar-refractivity contribution in [2.24, 2.45) is 0 Å². The summed E-state index contributed by atoms with van der Waals surface area (Å²) in [6.45, 7) is -0.143. The van der Waals surface area contributed by atoms with Crippen LogP contribution in [0.4, 0.5) is 13.2 Å². The van der Waals surface area contributed by atoms with Gasteiger partial charge in [-0.2, -0.15) is 0 Å². The Kier molecular flexibility index (Phi) is 3.71. The van der Waals surface area contributed by atoms with Crippen molar-refractivity contribution < 1.29 is 23.0 Å². The van der Waals surface area contributed by atoms with Gasteiger partial charge in [0.15, 0.2) is 0 Å². The quantitative estimate of drug-likeness (QED) is 0.930. The van der Waals surface area contributed by atoms with Gasteiger partial charge in [-0.15, -0.1) is 13.2 Å². The molecule has 100 valence electrons. The predicted molar refractivity (Wildman–Crippen MR) is 62.3 cm³/mol. The first-order valence-electron chi connectivity index (χ1n) is 5.39. The number of aliphatic hydroxyl groups excluding tert-OH is 1. The van der Waals surface area contributed by atoms with Crippen LogP contribution in [0.2, 0.25) is 0 Å². The molecule has 1 aromatic carbocycles. The van der Waals surface area contributed by atoms with E-state index in [1.54, 1.807) is 12.3 Å². The highest BCUT2D eigenvalue weighted by Crippen LogP contribution is 2.26. The Morgan fingerprint density at radius 3 is 2.32 bits per heavy atom. The third kappa shape index (κ3) is 3.69. The minimum absolute atomic E-state index is 0.143. The van der Waals surface area contributed by atoms with Crippen molar-refractivity contribution in [1.82, 2.24) is 4.98 Å². The minimum atomic E-state index is -4.69.